The van der Waals surface area contributed by atoms with Gasteiger partial charge in [-0.05, 0) is 35.4 Å². The van der Waals surface area contributed by atoms with E-state index in [2.05, 4.69) is 5.32 Å². The van der Waals surface area contributed by atoms with Gasteiger partial charge in [0.25, 0.3) is 0 Å². The molecule has 21 heavy (non-hydrogen) atoms. The third kappa shape index (κ3) is 4.21. The quantitative estimate of drug-likeness (QED) is 0.862. The van der Waals surface area contributed by atoms with Gasteiger partial charge >= 0.3 is 0 Å². The molecule has 1 amide bonds. The first kappa shape index (κ1) is 15.4. The predicted molar refractivity (Wildman–Crippen MR) is 84.2 cm³/mol. The zero-order valence-electron chi connectivity index (χ0n) is 11.7. The first-order chi connectivity index (χ1) is 10.1. The van der Waals surface area contributed by atoms with Gasteiger partial charge in [-0.15, -0.1) is 0 Å². The van der Waals surface area contributed by atoms with Crippen molar-refractivity contribution in [2.24, 2.45) is 5.73 Å². The van der Waals surface area contributed by atoms with Gasteiger partial charge in [-0.25, -0.2) is 0 Å². The average molecular weight is 305 g/mol. The Balaban J connectivity index is 2.18. The first-order valence-electron chi connectivity index (χ1n) is 6.49. The van der Waals surface area contributed by atoms with Crippen LogP contribution in [0.5, 0.6) is 0 Å². The molecule has 5 heteroatoms. The second-order valence-corrected chi connectivity index (χ2v) is 5.10. The first-order valence-corrected chi connectivity index (χ1v) is 6.87. The van der Waals surface area contributed by atoms with Crippen molar-refractivity contribution in [1.82, 2.24) is 0 Å². The van der Waals surface area contributed by atoms with Gasteiger partial charge in [0.1, 0.15) is 6.04 Å². The molecule has 1 unspecified atom stereocenters. The van der Waals surface area contributed by atoms with Crippen LogP contribution in [0.1, 0.15) is 17.2 Å². The Bertz CT molecular complexity index is 597. The molecule has 2 aromatic rings. The maximum Gasteiger partial charge on any atom is 0.244 e. The minimum Gasteiger partial charge on any atom is -0.380 e. The van der Waals surface area contributed by atoms with E-state index in [0.717, 1.165) is 16.8 Å². The minimum absolute atomic E-state index is 0.440. The molecule has 0 aliphatic rings. The van der Waals surface area contributed by atoms with Crippen LogP contribution in [0.3, 0.4) is 0 Å². The Morgan fingerprint density at radius 1 is 1.19 bits per heavy atom. The van der Waals surface area contributed by atoms with Gasteiger partial charge in [0.05, 0.1) is 6.61 Å². The highest BCUT2D eigenvalue weighted by molar-refractivity contribution is 6.30. The SMILES string of the molecule is COCc1ccc(C(Nc2ccc(Cl)cc2)C(N)=O)cc1. The maximum absolute atomic E-state index is 11.7. The highest BCUT2D eigenvalue weighted by atomic mass is 35.5. The Labute approximate surface area is 128 Å². The van der Waals surface area contributed by atoms with Crippen LogP contribution in [0, 0.1) is 0 Å². The lowest BCUT2D eigenvalue weighted by Crippen LogP contribution is -2.27. The number of halogens is 1. The number of primary amides is 1. The molecule has 3 N–H and O–H groups in total. The fraction of sp³-hybridized carbons (Fsp3) is 0.188. The number of carbonyl (C=O) groups excluding carboxylic acids is 1. The van der Waals surface area contributed by atoms with E-state index < -0.39 is 11.9 Å². The topological polar surface area (TPSA) is 64.3 Å². The molecule has 0 heterocycles. The van der Waals surface area contributed by atoms with Crippen LogP contribution in [-0.2, 0) is 16.1 Å². The molecule has 0 aliphatic carbocycles. The van der Waals surface area contributed by atoms with Gasteiger partial charge in [-0.1, -0.05) is 35.9 Å². The predicted octanol–water partition coefficient (Wildman–Crippen LogP) is 3.12. The number of amides is 1. The van der Waals surface area contributed by atoms with E-state index in [4.69, 9.17) is 22.1 Å². The van der Waals surface area contributed by atoms with Crippen molar-refractivity contribution in [1.29, 1.82) is 0 Å². The number of anilines is 1. The molecule has 0 aliphatic heterocycles. The summed E-state index contributed by atoms with van der Waals surface area (Å²) >= 11 is 5.84. The molecule has 4 nitrogen and oxygen atoms in total. The summed E-state index contributed by atoms with van der Waals surface area (Å²) in [6.07, 6.45) is 0. The number of nitrogens with one attached hydrogen (secondary N) is 1. The van der Waals surface area contributed by atoms with E-state index in [9.17, 15) is 4.79 Å². The molecule has 0 saturated heterocycles. The molecule has 2 rings (SSSR count). The number of hydrogen-bond acceptors (Lipinski definition) is 3. The molecular weight excluding hydrogens is 288 g/mol. The van der Waals surface area contributed by atoms with Gasteiger partial charge in [-0.3, -0.25) is 4.79 Å². The van der Waals surface area contributed by atoms with Crippen LogP contribution < -0.4 is 11.1 Å². The lowest BCUT2D eigenvalue weighted by Gasteiger charge is -2.17. The van der Waals surface area contributed by atoms with Crippen molar-refractivity contribution >= 4 is 23.2 Å². The van der Waals surface area contributed by atoms with E-state index in [1.54, 1.807) is 31.4 Å². The number of nitrogens with two attached hydrogens (primary N) is 1. The van der Waals surface area contributed by atoms with Gasteiger partial charge in [0, 0.05) is 17.8 Å². The second kappa shape index (κ2) is 7.11. The minimum atomic E-state index is -0.595. The molecular formula is C16H17ClN2O2. The van der Waals surface area contributed by atoms with Crippen molar-refractivity contribution in [2.75, 3.05) is 12.4 Å². The Kier molecular flexibility index (Phi) is 5.20. The summed E-state index contributed by atoms with van der Waals surface area (Å²) in [5, 5.41) is 3.75. The largest absolute Gasteiger partial charge is 0.380 e. The molecule has 0 fully saturated rings. The second-order valence-electron chi connectivity index (χ2n) is 4.66. The zero-order chi connectivity index (χ0) is 15.2. The molecule has 1 atom stereocenters. The lowest BCUT2D eigenvalue weighted by atomic mass is 10.0. The number of ether oxygens (including phenoxy) is 1. The summed E-state index contributed by atoms with van der Waals surface area (Å²) < 4.78 is 5.06. The van der Waals surface area contributed by atoms with Crippen molar-refractivity contribution in [3.8, 4) is 0 Å². The monoisotopic (exact) mass is 304 g/mol. The van der Waals surface area contributed by atoms with Crippen LogP contribution in [0.4, 0.5) is 5.69 Å². The number of methoxy groups -OCH3 is 1. The molecule has 0 spiro atoms. The third-order valence-corrected chi connectivity index (χ3v) is 3.32. The van der Waals surface area contributed by atoms with Crippen LogP contribution in [0.25, 0.3) is 0 Å². The third-order valence-electron chi connectivity index (χ3n) is 3.06. The molecule has 110 valence electrons. The molecule has 0 radical (unpaired) electrons. The summed E-state index contributed by atoms with van der Waals surface area (Å²) in [7, 11) is 1.64. The Morgan fingerprint density at radius 3 is 2.33 bits per heavy atom. The van der Waals surface area contributed by atoms with Crippen molar-refractivity contribution in [3.05, 3.63) is 64.7 Å². The van der Waals surface area contributed by atoms with Gasteiger partial charge in [0.15, 0.2) is 0 Å². The zero-order valence-corrected chi connectivity index (χ0v) is 12.4. The van der Waals surface area contributed by atoms with E-state index in [0.29, 0.717) is 11.6 Å². The number of benzene rings is 2. The number of rotatable bonds is 6. The van der Waals surface area contributed by atoms with Crippen molar-refractivity contribution < 1.29 is 9.53 Å². The fourth-order valence-corrected chi connectivity index (χ4v) is 2.13. The van der Waals surface area contributed by atoms with Gasteiger partial charge in [-0.2, -0.15) is 0 Å². The standard InChI is InChI=1S/C16H17ClN2O2/c1-21-10-11-2-4-12(5-3-11)15(16(18)20)19-14-8-6-13(17)7-9-14/h2-9,15,19H,10H2,1H3,(H2,18,20). The Hall–Kier alpha value is -2.04. The Morgan fingerprint density at radius 2 is 1.81 bits per heavy atom. The van der Waals surface area contributed by atoms with E-state index in [-0.39, 0.29) is 0 Å². The molecule has 0 aromatic heterocycles. The average Bonchev–Trinajstić information content (AvgIpc) is 2.48. The normalized spacial score (nSPS) is 11.9. The van der Waals surface area contributed by atoms with Crippen LogP contribution in [0.2, 0.25) is 5.02 Å². The summed E-state index contributed by atoms with van der Waals surface area (Å²) in [5.41, 5.74) is 8.11. The van der Waals surface area contributed by atoms with Crippen LogP contribution in [0.15, 0.2) is 48.5 Å². The fourth-order valence-electron chi connectivity index (χ4n) is 2.00. The van der Waals surface area contributed by atoms with Crippen LogP contribution >= 0.6 is 11.6 Å². The lowest BCUT2D eigenvalue weighted by molar-refractivity contribution is -0.118. The maximum atomic E-state index is 11.7. The van der Waals surface area contributed by atoms with Gasteiger partial charge < -0.3 is 15.8 Å². The van der Waals surface area contributed by atoms with E-state index >= 15 is 0 Å². The summed E-state index contributed by atoms with van der Waals surface area (Å²) in [5.74, 6) is -0.440. The number of carbonyl (C=O) groups is 1. The van der Waals surface area contributed by atoms with E-state index in [1.807, 2.05) is 24.3 Å². The summed E-state index contributed by atoms with van der Waals surface area (Å²) in [6.45, 7) is 0.534. The van der Waals surface area contributed by atoms with Gasteiger partial charge in [0.2, 0.25) is 5.91 Å². The summed E-state index contributed by atoms with van der Waals surface area (Å²) in [6, 6.07) is 14.1. The number of hydrogen-bond donors (Lipinski definition) is 2. The van der Waals surface area contributed by atoms with Crippen molar-refractivity contribution in [2.45, 2.75) is 12.6 Å². The highest BCUT2D eigenvalue weighted by Crippen LogP contribution is 2.21. The summed E-state index contributed by atoms with van der Waals surface area (Å²) in [4.78, 5) is 11.7. The smallest absolute Gasteiger partial charge is 0.244 e. The van der Waals surface area contributed by atoms with Crippen LogP contribution in [-0.4, -0.2) is 13.0 Å². The van der Waals surface area contributed by atoms with Crippen molar-refractivity contribution in [3.63, 3.8) is 0 Å². The highest BCUT2D eigenvalue weighted by Gasteiger charge is 2.17. The molecule has 0 saturated carbocycles. The molecule has 0 bridgehead atoms. The molecule has 2 aromatic carbocycles. The van der Waals surface area contributed by atoms with E-state index in [1.165, 1.54) is 0 Å².